The molecule has 2 N–H and O–H groups in total. The summed E-state index contributed by atoms with van der Waals surface area (Å²) >= 11 is 3.54. The lowest BCUT2D eigenvalue weighted by atomic mass is 10.1. The molecule has 3 nitrogen and oxygen atoms in total. The standard InChI is InChI=1S/C14H18BrN3/c1-4-12-9(2)17-18(10(12)3)8-11-6-5-7-13(16)14(11)15/h5-7H,4,8,16H2,1-3H3. The van der Waals surface area contributed by atoms with Crippen LogP contribution in [0, 0.1) is 13.8 Å². The van der Waals surface area contributed by atoms with E-state index in [2.05, 4.69) is 47.9 Å². The molecule has 0 radical (unpaired) electrons. The van der Waals surface area contributed by atoms with Gasteiger partial charge in [0.15, 0.2) is 0 Å². The fourth-order valence-corrected chi connectivity index (χ4v) is 2.67. The Labute approximate surface area is 116 Å². The second-order valence-corrected chi connectivity index (χ2v) is 5.27. The topological polar surface area (TPSA) is 43.8 Å². The van der Waals surface area contributed by atoms with Crippen molar-refractivity contribution in [3.63, 3.8) is 0 Å². The monoisotopic (exact) mass is 307 g/mol. The molecule has 1 aromatic heterocycles. The average molecular weight is 308 g/mol. The fourth-order valence-electron chi connectivity index (χ4n) is 2.28. The van der Waals surface area contributed by atoms with Crippen molar-refractivity contribution in [1.82, 2.24) is 9.78 Å². The molecule has 1 aromatic carbocycles. The minimum absolute atomic E-state index is 0.748. The molecule has 0 aliphatic heterocycles. The van der Waals surface area contributed by atoms with Gasteiger partial charge in [0, 0.05) is 15.9 Å². The van der Waals surface area contributed by atoms with E-state index in [0.717, 1.165) is 34.4 Å². The molecule has 0 aliphatic carbocycles. The van der Waals surface area contributed by atoms with Crippen LogP contribution in [0.15, 0.2) is 22.7 Å². The summed E-state index contributed by atoms with van der Waals surface area (Å²) < 4.78 is 3.02. The summed E-state index contributed by atoms with van der Waals surface area (Å²) in [7, 11) is 0. The van der Waals surface area contributed by atoms with Gasteiger partial charge in [0.05, 0.1) is 12.2 Å². The van der Waals surface area contributed by atoms with Crippen molar-refractivity contribution in [2.45, 2.75) is 33.7 Å². The van der Waals surface area contributed by atoms with Gasteiger partial charge in [-0.2, -0.15) is 5.10 Å². The molecule has 0 spiro atoms. The lowest BCUT2D eigenvalue weighted by Gasteiger charge is -2.09. The summed E-state index contributed by atoms with van der Waals surface area (Å²) in [5.74, 6) is 0. The summed E-state index contributed by atoms with van der Waals surface area (Å²) in [5.41, 5.74) is 11.5. The number of hydrogen-bond donors (Lipinski definition) is 1. The molecule has 2 rings (SSSR count). The van der Waals surface area contributed by atoms with E-state index in [1.807, 2.05) is 16.8 Å². The Morgan fingerprint density at radius 3 is 2.67 bits per heavy atom. The molecule has 0 aliphatic rings. The molecule has 0 saturated carbocycles. The Kier molecular flexibility index (Phi) is 3.76. The highest BCUT2D eigenvalue weighted by molar-refractivity contribution is 9.10. The number of benzene rings is 1. The first-order valence-corrected chi connectivity index (χ1v) is 6.89. The van der Waals surface area contributed by atoms with E-state index in [0.29, 0.717) is 0 Å². The molecule has 0 fully saturated rings. The first kappa shape index (κ1) is 13.1. The first-order chi connectivity index (χ1) is 8.54. The number of nitrogen functional groups attached to an aromatic ring is 1. The number of aromatic nitrogens is 2. The van der Waals surface area contributed by atoms with Crippen molar-refractivity contribution in [2.75, 3.05) is 5.73 Å². The quantitative estimate of drug-likeness (QED) is 0.883. The molecule has 0 atom stereocenters. The highest BCUT2D eigenvalue weighted by Crippen LogP contribution is 2.25. The van der Waals surface area contributed by atoms with Gasteiger partial charge in [0.25, 0.3) is 0 Å². The molecule has 18 heavy (non-hydrogen) atoms. The number of rotatable bonds is 3. The van der Waals surface area contributed by atoms with Gasteiger partial charge in [0.1, 0.15) is 0 Å². The number of halogens is 1. The van der Waals surface area contributed by atoms with Crippen LogP contribution in [-0.2, 0) is 13.0 Å². The third kappa shape index (κ3) is 2.29. The van der Waals surface area contributed by atoms with E-state index >= 15 is 0 Å². The number of nitrogens with zero attached hydrogens (tertiary/aromatic N) is 2. The molecule has 0 bridgehead atoms. The molecule has 0 unspecified atom stereocenters. The van der Waals surface area contributed by atoms with Crippen LogP contribution in [0.3, 0.4) is 0 Å². The van der Waals surface area contributed by atoms with Gasteiger partial charge < -0.3 is 5.73 Å². The number of anilines is 1. The van der Waals surface area contributed by atoms with Gasteiger partial charge in [-0.1, -0.05) is 19.1 Å². The zero-order chi connectivity index (χ0) is 13.3. The van der Waals surface area contributed by atoms with Crippen LogP contribution >= 0.6 is 15.9 Å². The maximum Gasteiger partial charge on any atom is 0.0674 e. The van der Waals surface area contributed by atoms with Crippen LogP contribution in [0.25, 0.3) is 0 Å². The van der Waals surface area contributed by atoms with E-state index in [9.17, 15) is 0 Å². The fraction of sp³-hybridized carbons (Fsp3) is 0.357. The van der Waals surface area contributed by atoms with Crippen molar-refractivity contribution in [3.05, 3.63) is 45.2 Å². The van der Waals surface area contributed by atoms with Crippen molar-refractivity contribution in [1.29, 1.82) is 0 Å². The molecule has 1 heterocycles. The number of hydrogen-bond acceptors (Lipinski definition) is 2. The highest BCUT2D eigenvalue weighted by atomic mass is 79.9. The van der Waals surface area contributed by atoms with E-state index < -0.39 is 0 Å². The van der Waals surface area contributed by atoms with Gasteiger partial charge in [-0.05, 0) is 53.4 Å². The highest BCUT2D eigenvalue weighted by Gasteiger charge is 2.11. The maximum atomic E-state index is 5.90. The van der Waals surface area contributed by atoms with Gasteiger partial charge in [-0.25, -0.2) is 0 Å². The predicted molar refractivity (Wildman–Crippen MR) is 78.7 cm³/mol. The molecule has 2 aromatic rings. The Balaban J connectivity index is 2.37. The lowest BCUT2D eigenvalue weighted by Crippen LogP contribution is -2.05. The van der Waals surface area contributed by atoms with Gasteiger partial charge >= 0.3 is 0 Å². The molecule has 0 saturated heterocycles. The zero-order valence-corrected chi connectivity index (χ0v) is 12.6. The van der Waals surface area contributed by atoms with E-state index in [4.69, 9.17) is 5.73 Å². The largest absolute Gasteiger partial charge is 0.398 e. The van der Waals surface area contributed by atoms with Crippen molar-refractivity contribution in [2.24, 2.45) is 0 Å². The van der Waals surface area contributed by atoms with Gasteiger partial charge in [-0.15, -0.1) is 0 Å². The summed E-state index contributed by atoms with van der Waals surface area (Å²) in [6.07, 6.45) is 1.02. The van der Waals surface area contributed by atoms with Crippen LogP contribution in [0.4, 0.5) is 5.69 Å². The average Bonchev–Trinajstić information content (AvgIpc) is 2.60. The third-order valence-corrected chi connectivity index (χ3v) is 4.28. The molecule has 0 amide bonds. The van der Waals surface area contributed by atoms with Crippen LogP contribution in [0.1, 0.15) is 29.4 Å². The summed E-state index contributed by atoms with van der Waals surface area (Å²) in [6.45, 7) is 7.10. The predicted octanol–water partition coefficient (Wildman–Crippen LogP) is 3.46. The van der Waals surface area contributed by atoms with Crippen LogP contribution in [0.5, 0.6) is 0 Å². The van der Waals surface area contributed by atoms with E-state index in [-0.39, 0.29) is 0 Å². The summed E-state index contributed by atoms with van der Waals surface area (Å²) in [4.78, 5) is 0. The molecular weight excluding hydrogens is 290 g/mol. The summed E-state index contributed by atoms with van der Waals surface area (Å²) in [6, 6.07) is 5.94. The van der Waals surface area contributed by atoms with Gasteiger partial charge in [-0.3, -0.25) is 4.68 Å². The minimum atomic E-state index is 0.748. The number of aryl methyl sites for hydroxylation is 1. The van der Waals surface area contributed by atoms with Crippen molar-refractivity contribution < 1.29 is 0 Å². The van der Waals surface area contributed by atoms with Gasteiger partial charge in [0.2, 0.25) is 0 Å². The lowest BCUT2D eigenvalue weighted by molar-refractivity contribution is 0.656. The van der Waals surface area contributed by atoms with Crippen molar-refractivity contribution in [3.8, 4) is 0 Å². The minimum Gasteiger partial charge on any atom is -0.398 e. The summed E-state index contributed by atoms with van der Waals surface area (Å²) in [5, 5.41) is 4.60. The van der Waals surface area contributed by atoms with Crippen LogP contribution in [0.2, 0.25) is 0 Å². The Morgan fingerprint density at radius 2 is 2.06 bits per heavy atom. The van der Waals surface area contributed by atoms with Crippen LogP contribution < -0.4 is 5.73 Å². The zero-order valence-electron chi connectivity index (χ0n) is 11.0. The Hall–Kier alpha value is -1.29. The molecular formula is C14H18BrN3. The first-order valence-electron chi connectivity index (χ1n) is 6.10. The third-order valence-electron chi connectivity index (χ3n) is 3.31. The van der Waals surface area contributed by atoms with Crippen LogP contribution in [-0.4, -0.2) is 9.78 Å². The number of nitrogens with two attached hydrogens (primary N) is 1. The molecule has 96 valence electrons. The maximum absolute atomic E-state index is 5.90. The Morgan fingerprint density at radius 1 is 1.33 bits per heavy atom. The van der Waals surface area contributed by atoms with Crippen molar-refractivity contribution >= 4 is 21.6 Å². The molecule has 4 heteroatoms. The normalized spacial score (nSPS) is 10.9. The Bertz CT molecular complexity index is 573. The van der Waals surface area contributed by atoms with E-state index in [1.165, 1.54) is 11.3 Å². The second kappa shape index (κ2) is 5.14. The van der Waals surface area contributed by atoms with E-state index in [1.54, 1.807) is 0 Å². The second-order valence-electron chi connectivity index (χ2n) is 4.48. The SMILES string of the molecule is CCc1c(C)nn(Cc2cccc(N)c2Br)c1C. The smallest absolute Gasteiger partial charge is 0.0674 e.